The number of hydrogen-bond donors (Lipinski definition) is 1. The summed E-state index contributed by atoms with van der Waals surface area (Å²) in [4.78, 5) is 0. The normalized spacial score (nSPS) is 28.5. The lowest BCUT2D eigenvalue weighted by Gasteiger charge is -2.55. The highest BCUT2D eigenvalue weighted by Gasteiger charge is 2.56. The Labute approximate surface area is 129 Å². The van der Waals surface area contributed by atoms with Crippen molar-refractivity contribution in [2.24, 2.45) is 5.41 Å². The lowest BCUT2D eigenvalue weighted by atomic mass is 9.60. The standard InChI is InChI=1S/C19H29NO/c1-4-21-18-13-17(19(18)10-5-6-11-19)20-15(3)16-9-7-8-14(2)12-16/h7-9,12,15,17-18,20H,4-6,10-11,13H2,1-3H3/t15-,17?,18?/m1/s1. The number of hydrogen-bond acceptors (Lipinski definition) is 2. The molecule has 1 N–H and O–H groups in total. The second-order valence-corrected chi connectivity index (χ2v) is 6.98. The summed E-state index contributed by atoms with van der Waals surface area (Å²) in [5, 5.41) is 3.90. The van der Waals surface area contributed by atoms with Gasteiger partial charge in [-0.15, -0.1) is 0 Å². The van der Waals surface area contributed by atoms with E-state index in [4.69, 9.17) is 4.74 Å². The van der Waals surface area contributed by atoms with Crippen molar-refractivity contribution in [3.63, 3.8) is 0 Å². The van der Waals surface area contributed by atoms with Crippen LogP contribution in [0.4, 0.5) is 0 Å². The van der Waals surface area contributed by atoms with Crippen molar-refractivity contribution in [1.29, 1.82) is 0 Å². The van der Waals surface area contributed by atoms with Gasteiger partial charge < -0.3 is 10.1 Å². The Morgan fingerprint density at radius 3 is 2.76 bits per heavy atom. The summed E-state index contributed by atoms with van der Waals surface area (Å²) in [5.41, 5.74) is 3.18. The molecule has 3 atom stereocenters. The monoisotopic (exact) mass is 287 g/mol. The van der Waals surface area contributed by atoms with Crippen LogP contribution in [0.15, 0.2) is 24.3 Å². The molecule has 0 saturated heterocycles. The van der Waals surface area contributed by atoms with Crippen LogP contribution in [0.1, 0.15) is 63.1 Å². The van der Waals surface area contributed by atoms with Gasteiger partial charge in [0.1, 0.15) is 0 Å². The zero-order valence-electron chi connectivity index (χ0n) is 13.7. The molecule has 1 aromatic rings. The van der Waals surface area contributed by atoms with E-state index in [-0.39, 0.29) is 0 Å². The lowest BCUT2D eigenvalue weighted by Crippen LogP contribution is -2.63. The van der Waals surface area contributed by atoms with Crippen LogP contribution in [-0.2, 0) is 4.74 Å². The van der Waals surface area contributed by atoms with Crippen LogP contribution in [-0.4, -0.2) is 18.8 Å². The van der Waals surface area contributed by atoms with Gasteiger partial charge in [-0.3, -0.25) is 0 Å². The maximum Gasteiger partial charge on any atom is 0.0661 e. The van der Waals surface area contributed by atoms with E-state index in [1.54, 1.807) is 0 Å². The van der Waals surface area contributed by atoms with E-state index in [9.17, 15) is 0 Å². The molecule has 2 saturated carbocycles. The molecule has 116 valence electrons. The molecular weight excluding hydrogens is 258 g/mol. The average molecular weight is 287 g/mol. The Balaban J connectivity index is 1.67. The van der Waals surface area contributed by atoms with E-state index in [1.807, 2.05) is 0 Å². The molecule has 0 heterocycles. The predicted molar refractivity (Wildman–Crippen MR) is 87.4 cm³/mol. The summed E-state index contributed by atoms with van der Waals surface area (Å²) in [5.74, 6) is 0. The Bertz CT molecular complexity index is 478. The minimum atomic E-state index is 0.425. The third kappa shape index (κ3) is 2.76. The summed E-state index contributed by atoms with van der Waals surface area (Å²) in [6.07, 6.45) is 7.11. The smallest absolute Gasteiger partial charge is 0.0661 e. The fourth-order valence-electron chi connectivity index (χ4n) is 4.46. The first-order chi connectivity index (χ1) is 10.2. The number of aryl methyl sites for hydroxylation is 1. The van der Waals surface area contributed by atoms with Crippen LogP contribution in [0, 0.1) is 12.3 Å². The third-order valence-electron chi connectivity index (χ3n) is 5.68. The van der Waals surface area contributed by atoms with Gasteiger partial charge in [-0.1, -0.05) is 42.7 Å². The summed E-state index contributed by atoms with van der Waals surface area (Å²) < 4.78 is 6.01. The van der Waals surface area contributed by atoms with Crippen LogP contribution in [0.5, 0.6) is 0 Å². The number of nitrogens with one attached hydrogen (secondary N) is 1. The number of benzene rings is 1. The van der Waals surface area contributed by atoms with Crippen LogP contribution in [0.2, 0.25) is 0 Å². The maximum absolute atomic E-state index is 6.01. The number of rotatable bonds is 5. The molecule has 0 bridgehead atoms. The van der Waals surface area contributed by atoms with Gasteiger partial charge in [-0.2, -0.15) is 0 Å². The summed E-state index contributed by atoms with van der Waals surface area (Å²) >= 11 is 0. The lowest BCUT2D eigenvalue weighted by molar-refractivity contribution is -0.132. The Hall–Kier alpha value is -0.860. The summed E-state index contributed by atoms with van der Waals surface area (Å²) in [7, 11) is 0. The molecule has 1 spiro atoms. The van der Waals surface area contributed by atoms with Crippen molar-refractivity contribution < 1.29 is 4.74 Å². The summed E-state index contributed by atoms with van der Waals surface area (Å²) in [6.45, 7) is 7.44. The SMILES string of the molecule is CCOC1CC(N[C@H](C)c2cccc(C)c2)C12CCCC2. The van der Waals surface area contributed by atoms with Gasteiger partial charge in [0.05, 0.1) is 6.10 Å². The second kappa shape index (κ2) is 6.10. The fourth-order valence-corrected chi connectivity index (χ4v) is 4.46. The molecule has 3 rings (SSSR count). The molecule has 0 aliphatic heterocycles. The van der Waals surface area contributed by atoms with Crippen LogP contribution in [0.25, 0.3) is 0 Å². The molecule has 2 nitrogen and oxygen atoms in total. The predicted octanol–water partition coefficient (Wildman–Crippen LogP) is 4.38. The van der Waals surface area contributed by atoms with Crippen LogP contribution < -0.4 is 5.32 Å². The van der Waals surface area contributed by atoms with E-state index in [2.05, 4.69) is 50.4 Å². The van der Waals surface area contributed by atoms with Gasteiger partial charge in [-0.25, -0.2) is 0 Å². The van der Waals surface area contributed by atoms with Gasteiger partial charge in [0.2, 0.25) is 0 Å². The Morgan fingerprint density at radius 2 is 2.10 bits per heavy atom. The minimum Gasteiger partial charge on any atom is -0.378 e. The Morgan fingerprint density at radius 1 is 1.33 bits per heavy atom. The van der Waals surface area contributed by atoms with E-state index in [0.29, 0.717) is 23.6 Å². The third-order valence-corrected chi connectivity index (χ3v) is 5.68. The van der Waals surface area contributed by atoms with Gasteiger partial charge in [-0.05, 0) is 45.6 Å². The van der Waals surface area contributed by atoms with Crippen molar-refractivity contribution in [2.75, 3.05) is 6.61 Å². The zero-order chi connectivity index (χ0) is 14.9. The summed E-state index contributed by atoms with van der Waals surface area (Å²) in [6, 6.07) is 9.94. The largest absolute Gasteiger partial charge is 0.378 e. The van der Waals surface area contributed by atoms with E-state index >= 15 is 0 Å². The quantitative estimate of drug-likeness (QED) is 0.867. The fraction of sp³-hybridized carbons (Fsp3) is 0.684. The molecule has 0 amide bonds. The minimum absolute atomic E-state index is 0.425. The molecule has 0 radical (unpaired) electrons. The maximum atomic E-state index is 6.01. The molecule has 2 fully saturated rings. The van der Waals surface area contributed by atoms with Gasteiger partial charge >= 0.3 is 0 Å². The van der Waals surface area contributed by atoms with E-state index in [1.165, 1.54) is 43.2 Å². The molecular formula is C19H29NO. The molecule has 21 heavy (non-hydrogen) atoms. The molecule has 2 aliphatic rings. The highest BCUT2D eigenvalue weighted by molar-refractivity contribution is 5.25. The zero-order valence-corrected chi connectivity index (χ0v) is 13.7. The van der Waals surface area contributed by atoms with E-state index in [0.717, 1.165) is 6.61 Å². The van der Waals surface area contributed by atoms with E-state index < -0.39 is 0 Å². The topological polar surface area (TPSA) is 21.3 Å². The van der Waals surface area contributed by atoms with Crippen molar-refractivity contribution in [1.82, 2.24) is 5.32 Å². The molecule has 1 aromatic carbocycles. The van der Waals surface area contributed by atoms with Crippen molar-refractivity contribution in [3.05, 3.63) is 35.4 Å². The van der Waals surface area contributed by atoms with Crippen LogP contribution >= 0.6 is 0 Å². The molecule has 2 unspecified atom stereocenters. The second-order valence-electron chi connectivity index (χ2n) is 6.98. The molecule has 2 aliphatic carbocycles. The average Bonchev–Trinajstić information content (AvgIpc) is 2.98. The van der Waals surface area contributed by atoms with Crippen LogP contribution in [0.3, 0.4) is 0 Å². The highest BCUT2D eigenvalue weighted by atomic mass is 16.5. The van der Waals surface area contributed by atoms with Crippen molar-refractivity contribution >= 4 is 0 Å². The first-order valence-electron chi connectivity index (χ1n) is 8.60. The highest BCUT2D eigenvalue weighted by Crippen LogP contribution is 2.55. The van der Waals surface area contributed by atoms with Crippen molar-refractivity contribution in [3.8, 4) is 0 Å². The van der Waals surface area contributed by atoms with Gasteiger partial charge in [0.25, 0.3) is 0 Å². The first kappa shape index (κ1) is 15.1. The molecule has 2 heteroatoms. The number of ether oxygens (including phenoxy) is 1. The molecule has 0 aromatic heterocycles. The first-order valence-corrected chi connectivity index (χ1v) is 8.60. The Kier molecular flexibility index (Phi) is 4.37. The van der Waals surface area contributed by atoms with Gasteiger partial charge in [0, 0.05) is 24.1 Å². The van der Waals surface area contributed by atoms with Crippen molar-refractivity contribution in [2.45, 2.75) is 71.1 Å². The van der Waals surface area contributed by atoms with Gasteiger partial charge in [0.15, 0.2) is 0 Å².